The highest BCUT2D eigenvalue weighted by Gasteiger charge is 2.39. The van der Waals surface area contributed by atoms with E-state index in [1.54, 1.807) is 29.2 Å². The van der Waals surface area contributed by atoms with E-state index in [1.807, 2.05) is 6.07 Å². The second kappa shape index (κ2) is 6.02. The average Bonchev–Trinajstić information content (AvgIpc) is 3.05. The maximum atomic E-state index is 12.5. The molecule has 1 aliphatic rings. The van der Waals surface area contributed by atoms with Gasteiger partial charge in [-0.2, -0.15) is 13.2 Å². The average molecular weight is 325 g/mol. The molecule has 0 N–H and O–H groups in total. The van der Waals surface area contributed by atoms with Gasteiger partial charge in [0, 0.05) is 18.7 Å². The number of rotatable bonds is 2. The van der Waals surface area contributed by atoms with Crippen LogP contribution in [0.1, 0.15) is 40.9 Å². The molecule has 1 amide bonds. The van der Waals surface area contributed by atoms with Crippen molar-refractivity contribution >= 4 is 5.91 Å². The first-order chi connectivity index (χ1) is 10.9. The molecule has 0 radical (unpaired) electrons. The summed E-state index contributed by atoms with van der Waals surface area (Å²) in [6.45, 7) is 0.831. The van der Waals surface area contributed by atoms with Crippen molar-refractivity contribution in [2.75, 3.05) is 13.1 Å². The SMILES string of the molecule is O=C(c1ccccc1)N1CCCC(c2nnc(C(F)(F)F)o2)C1. The van der Waals surface area contributed by atoms with Crippen molar-refractivity contribution in [2.45, 2.75) is 24.9 Å². The summed E-state index contributed by atoms with van der Waals surface area (Å²) in [6.07, 6.45) is -3.37. The van der Waals surface area contributed by atoms with Gasteiger partial charge in [0.1, 0.15) is 0 Å². The predicted octanol–water partition coefficient (Wildman–Crippen LogP) is 3.11. The van der Waals surface area contributed by atoms with Gasteiger partial charge in [0.15, 0.2) is 0 Å². The number of halogens is 3. The minimum Gasteiger partial charge on any atom is -0.417 e. The Morgan fingerprint density at radius 2 is 1.96 bits per heavy atom. The maximum absolute atomic E-state index is 12.5. The molecule has 0 aliphatic carbocycles. The van der Waals surface area contributed by atoms with Crippen molar-refractivity contribution in [2.24, 2.45) is 0 Å². The Bertz CT molecular complexity index is 685. The molecule has 1 saturated heterocycles. The molecule has 8 heteroatoms. The molecule has 2 heterocycles. The third-order valence-electron chi connectivity index (χ3n) is 3.76. The first-order valence-corrected chi connectivity index (χ1v) is 7.20. The van der Waals surface area contributed by atoms with Crippen molar-refractivity contribution in [3.05, 3.63) is 47.7 Å². The van der Waals surface area contributed by atoms with Crippen molar-refractivity contribution in [1.82, 2.24) is 15.1 Å². The first kappa shape index (κ1) is 15.5. The van der Waals surface area contributed by atoms with E-state index >= 15 is 0 Å². The molecule has 1 aromatic carbocycles. The second-order valence-electron chi connectivity index (χ2n) is 5.40. The van der Waals surface area contributed by atoms with E-state index in [-0.39, 0.29) is 24.3 Å². The third-order valence-corrected chi connectivity index (χ3v) is 3.76. The molecule has 5 nitrogen and oxygen atoms in total. The van der Waals surface area contributed by atoms with Crippen LogP contribution in [-0.4, -0.2) is 34.1 Å². The van der Waals surface area contributed by atoms with Gasteiger partial charge in [-0.1, -0.05) is 18.2 Å². The molecular formula is C15H14F3N3O2. The van der Waals surface area contributed by atoms with Gasteiger partial charge in [0.2, 0.25) is 5.89 Å². The molecule has 122 valence electrons. The summed E-state index contributed by atoms with van der Waals surface area (Å²) in [5, 5.41) is 6.54. The molecule has 1 fully saturated rings. The molecule has 1 atom stereocenters. The van der Waals surface area contributed by atoms with E-state index in [1.165, 1.54) is 0 Å². The smallest absolute Gasteiger partial charge is 0.417 e. The number of likely N-dealkylation sites (tertiary alicyclic amines) is 1. The summed E-state index contributed by atoms with van der Waals surface area (Å²) in [5.41, 5.74) is 0.551. The lowest BCUT2D eigenvalue weighted by Crippen LogP contribution is -2.39. The summed E-state index contributed by atoms with van der Waals surface area (Å²) in [7, 11) is 0. The predicted molar refractivity (Wildman–Crippen MR) is 73.6 cm³/mol. The van der Waals surface area contributed by atoms with E-state index in [4.69, 9.17) is 4.42 Å². The van der Waals surface area contributed by atoms with Crippen LogP contribution in [-0.2, 0) is 6.18 Å². The molecular weight excluding hydrogens is 311 g/mol. The number of carbonyl (C=O) groups excluding carboxylic acids is 1. The number of nitrogens with zero attached hydrogens (tertiary/aromatic N) is 3. The van der Waals surface area contributed by atoms with Crippen LogP contribution in [0.5, 0.6) is 0 Å². The van der Waals surface area contributed by atoms with Crippen molar-refractivity contribution in [3.63, 3.8) is 0 Å². The van der Waals surface area contributed by atoms with Crippen LogP contribution in [0.15, 0.2) is 34.7 Å². The van der Waals surface area contributed by atoms with E-state index in [9.17, 15) is 18.0 Å². The topological polar surface area (TPSA) is 59.2 Å². The lowest BCUT2D eigenvalue weighted by molar-refractivity contribution is -0.157. The summed E-state index contributed by atoms with van der Waals surface area (Å²) in [5.74, 6) is -1.94. The van der Waals surface area contributed by atoms with Crippen LogP contribution in [0.4, 0.5) is 13.2 Å². The number of hydrogen-bond acceptors (Lipinski definition) is 4. The lowest BCUT2D eigenvalue weighted by Gasteiger charge is -2.31. The first-order valence-electron chi connectivity index (χ1n) is 7.20. The Balaban J connectivity index is 1.73. The number of hydrogen-bond donors (Lipinski definition) is 0. The molecule has 1 aliphatic heterocycles. The summed E-state index contributed by atoms with van der Waals surface area (Å²) in [6, 6.07) is 8.76. The number of amides is 1. The minimum absolute atomic E-state index is 0.0668. The largest absolute Gasteiger partial charge is 0.470 e. The zero-order valence-electron chi connectivity index (χ0n) is 12.1. The Hall–Kier alpha value is -2.38. The van der Waals surface area contributed by atoms with Crippen molar-refractivity contribution < 1.29 is 22.4 Å². The standard InChI is InChI=1S/C15H14F3N3O2/c16-15(17,18)14-20-19-12(23-14)11-7-4-8-21(9-11)13(22)10-5-2-1-3-6-10/h1-3,5-6,11H,4,7-9H2. The number of alkyl halides is 3. The van der Waals surface area contributed by atoms with Crippen LogP contribution in [0.2, 0.25) is 0 Å². The molecule has 0 saturated carbocycles. The van der Waals surface area contributed by atoms with Gasteiger partial charge in [0.05, 0.1) is 5.92 Å². The zero-order valence-corrected chi connectivity index (χ0v) is 12.1. The fourth-order valence-electron chi connectivity index (χ4n) is 2.64. The van der Waals surface area contributed by atoms with Crippen LogP contribution < -0.4 is 0 Å². The molecule has 2 aromatic rings. The van der Waals surface area contributed by atoms with Gasteiger partial charge < -0.3 is 9.32 Å². The quantitative estimate of drug-likeness (QED) is 0.851. The zero-order chi connectivity index (χ0) is 16.4. The highest BCUT2D eigenvalue weighted by atomic mass is 19.4. The van der Waals surface area contributed by atoms with Crippen molar-refractivity contribution in [3.8, 4) is 0 Å². The summed E-state index contributed by atoms with van der Waals surface area (Å²) in [4.78, 5) is 14.0. The maximum Gasteiger partial charge on any atom is 0.470 e. The Morgan fingerprint density at radius 1 is 1.22 bits per heavy atom. The molecule has 0 bridgehead atoms. The van der Waals surface area contributed by atoms with Crippen molar-refractivity contribution in [1.29, 1.82) is 0 Å². The fraction of sp³-hybridized carbons (Fsp3) is 0.400. The van der Waals surface area contributed by atoms with E-state index in [0.29, 0.717) is 24.9 Å². The van der Waals surface area contributed by atoms with Crippen LogP contribution in [0.25, 0.3) is 0 Å². The van der Waals surface area contributed by atoms with Crippen LogP contribution in [0.3, 0.4) is 0 Å². The highest BCUT2D eigenvalue weighted by molar-refractivity contribution is 5.94. The lowest BCUT2D eigenvalue weighted by atomic mass is 9.97. The monoisotopic (exact) mass is 325 g/mol. The minimum atomic E-state index is -4.65. The van der Waals surface area contributed by atoms with E-state index in [2.05, 4.69) is 10.2 Å². The molecule has 1 aromatic heterocycles. The number of carbonyl (C=O) groups is 1. The normalized spacial score (nSPS) is 18.9. The van der Waals surface area contributed by atoms with Gasteiger partial charge in [-0.3, -0.25) is 4.79 Å². The van der Waals surface area contributed by atoms with Gasteiger partial charge in [-0.15, -0.1) is 10.2 Å². The molecule has 3 rings (SSSR count). The van der Waals surface area contributed by atoms with Gasteiger partial charge in [0.25, 0.3) is 5.91 Å². The fourth-order valence-corrected chi connectivity index (χ4v) is 2.64. The Labute approximate surface area is 130 Å². The van der Waals surface area contributed by atoms with E-state index < -0.39 is 12.1 Å². The number of benzene rings is 1. The summed E-state index contributed by atoms with van der Waals surface area (Å²) < 4.78 is 42.3. The van der Waals surface area contributed by atoms with Gasteiger partial charge >= 0.3 is 12.1 Å². The molecule has 23 heavy (non-hydrogen) atoms. The van der Waals surface area contributed by atoms with Gasteiger partial charge in [-0.05, 0) is 25.0 Å². The van der Waals surface area contributed by atoms with E-state index in [0.717, 1.165) is 0 Å². The second-order valence-corrected chi connectivity index (χ2v) is 5.40. The van der Waals surface area contributed by atoms with Gasteiger partial charge in [-0.25, -0.2) is 0 Å². The highest BCUT2D eigenvalue weighted by Crippen LogP contribution is 2.32. The van der Waals surface area contributed by atoms with Crippen LogP contribution in [0, 0.1) is 0 Å². The third kappa shape index (κ3) is 3.35. The van der Waals surface area contributed by atoms with Crippen LogP contribution >= 0.6 is 0 Å². The summed E-state index contributed by atoms with van der Waals surface area (Å²) >= 11 is 0. The Kier molecular flexibility index (Phi) is 4.06. The number of aromatic nitrogens is 2. The molecule has 0 spiro atoms. The Morgan fingerprint density at radius 3 is 2.61 bits per heavy atom. The molecule has 1 unspecified atom stereocenters. The number of piperidine rings is 1.